The second kappa shape index (κ2) is 7.22. The lowest BCUT2D eigenvalue weighted by atomic mass is 9.62. The fraction of sp³-hybridized carbons (Fsp3) is 0.867. The van der Waals surface area contributed by atoms with Gasteiger partial charge in [0, 0.05) is 6.04 Å². The predicted molar refractivity (Wildman–Crippen MR) is 84.0 cm³/mol. The summed E-state index contributed by atoms with van der Waals surface area (Å²) in [6, 6.07) is 0.277. The zero-order valence-corrected chi connectivity index (χ0v) is 13.3. The Kier molecular flexibility index (Phi) is 6.24. The number of thiocarbonyl (C=S) groups is 1. The minimum atomic E-state index is -0.563. The molecule has 0 aromatic carbocycles. The number of hydrogen-bond donors (Lipinski definition) is 2. The van der Waals surface area contributed by atoms with E-state index in [1.165, 1.54) is 0 Å². The van der Waals surface area contributed by atoms with Gasteiger partial charge in [0.2, 0.25) is 5.91 Å². The summed E-state index contributed by atoms with van der Waals surface area (Å²) in [5.74, 6) is 0.611. The van der Waals surface area contributed by atoms with Crippen molar-refractivity contribution in [2.24, 2.45) is 17.1 Å². The van der Waals surface area contributed by atoms with Gasteiger partial charge in [-0.05, 0) is 31.6 Å². The van der Waals surface area contributed by atoms with Crippen molar-refractivity contribution in [2.75, 3.05) is 0 Å². The maximum Gasteiger partial charge on any atom is 0.233 e. The summed E-state index contributed by atoms with van der Waals surface area (Å²) in [5.41, 5.74) is 5.25. The molecule has 0 aromatic rings. The van der Waals surface area contributed by atoms with Crippen LogP contribution in [0.15, 0.2) is 0 Å². The number of nitrogens with one attached hydrogen (secondary N) is 1. The summed E-state index contributed by atoms with van der Waals surface area (Å²) >= 11 is 5.13. The molecule has 0 aromatic heterocycles. The van der Waals surface area contributed by atoms with Crippen molar-refractivity contribution in [1.82, 2.24) is 5.32 Å². The average Bonchev–Trinajstić information content (AvgIpc) is 2.31. The Hall–Kier alpha value is -0.640. The number of hydrogen-bond acceptors (Lipinski definition) is 2. The molecule has 19 heavy (non-hydrogen) atoms. The van der Waals surface area contributed by atoms with Gasteiger partial charge in [-0.3, -0.25) is 4.79 Å². The molecule has 0 saturated heterocycles. The Balaban J connectivity index is 2.61. The molecule has 0 aliphatic heterocycles. The Bertz CT molecular complexity index is 324. The van der Waals surface area contributed by atoms with Crippen LogP contribution in [-0.4, -0.2) is 16.9 Å². The molecule has 1 fully saturated rings. The predicted octanol–water partition coefficient (Wildman–Crippen LogP) is 3.16. The molecule has 3 N–H and O–H groups in total. The van der Waals surface area contributed by atoms with Gasteiger partial charge in [0.25, 0.3) is 0 Å². The summed E-state index contributed by atoms with van der Waals surface area (Å²) < 4.78 is 0. The van der Waals surface area contributed by atoms with Crippen molar-refractivity contribution in [3.63, 3.8) is 0 Å². The number of rotatable bonds is 8. The van der Waals surface area contributed by atoms with Gasteiger partial charge in [0.15, 0.2) is 0 Å². The van der Waals surface area contributed by atoms with E-state index in [0.29, 0.717) is 10.9 Å². The molecular weight excluding hydrogens is 256 g/mol. The highest BCUT2D eigenvalue weighted by atomic mass is 32.1. The van der Waals surface area contributed by atoms with Gasteiger partial charge in [-0.25, -0.2) is 0 Å². The Morgan fingerprint density at radius 3 is 2.42 bits per heavy atom. The largest absolute Gasteiger partial charge is 0.392 e. The summed E-state index contributed by atoms with van der Waals surface area (Å²) in [4.78, 5) is 12.9. The SMILES string of the molecule is CCCCC(CCC)NC(=O)C1(C(N)=S)CC(C)C1. The van der Waals surface area contributed by atoms with Crippen LogP contribution in [0.25, 0.3) is 0 Å². The zero-order valence-electron chi connectivity index (χ0n) is 12.5. The maximum absolute atomic E-state index is 12.5. The van der Waals surface area contributed by atoms with Crippen LogP contribution < -0.4 is 11.1 Å². The fourth-order valence-electron chi connectivity index (χ4n) is 3.04. The van der Waals surface area contributed by atoms with Gasteiger partial charge in [-0.2, -0.15) is 0 Å². The third kappa shape index (κ3) is 3.91. The molecule has 1 aliphatic carbocycles. The van der Waals surface area contributed by atoms with Crippen molar-refractivity contribution in [1.29, 1.82) is 0 Å². The number of unbranched alkanes of at least 4 members (excludes halogenated alkanes) is 1. The molecule has 110 valence electrons. The Labute approximate surface area is 122 Å². The van der Waals surface area contributed by atoms with E-state index >= 15 is 0 Å². The van der Waals surface area contributed by atoms with E-state index < -0.39 is 5.41 Å². The molecular formula is C15H28N2OS. The molecule has 0 heterocycles. The van der Waals surface area contributed by atoms with Gasteiger partial charge in [0.1, 0.15) is 0 Å². The first-order valence-corrected chi connectivity index (χ1v) is 7.98. The third-order valence-electron chi connectivity index (χ3n) is 4.18. The lowest BCUT2D eigenvalue weighted by Gasteiger charge is -2.44. The third-order valence-corrected chi connectivity index (χ3v) is 4.57. The number of amides is 1. The van der Waals surface area contributed by atoms with Crippen LogP contribution in [0, 0.1) is 11.3 Å². The molecule has 3 nitrogen and oxygen atoms in total. The van der Waals surface area contributed by atoms with Gasteiger partial charge in [-0.15, -0.1) is 0 Å². The normalized spacial score (nSPS) is 27.4. The van der Waals surface area contributed by atoms with E-state index in [2.05, 4.69) is 26.1 Å². The van der Waals surface area contributed by atoms with E-state index in [9.17, 15) is 4.79 Å². The molecule has 0 spiro atoms. The maximum atomic E-state index is 12.5. The highest BCUT2D eigenvalue weighted by Crippen LogP contribution is 2.46. The Morgan fingerprint density at radius 2 is 2.00 bits per heavy atom. The van der Waals surface area contributed by atoms with Crippen molar-refractivity contribution in [3.05, 3.63) is 0 Å². The van der Waals surface area contributed by atoms with Crippen molar-refractivity contribution in [2.45, 2.75) is 71.8 Å². The highest BCUT2D eigenvalue weighted by Gasteiger charge is 2.51. The van der Waals surface area contributed by atoms with Crippen LogP contribution in [0.5, 0.6) is 0 Å². The number of carbonyl (C=O) groups excluding carboxylic acids is 1. The molecule has 0 bridgehead atoms. The van der Waals surface area contributed by atoms with Crippen molar-refractivity contribution in [3.8, 4) is 0 Å². The van der Waals surface area contributed by atoms with Gasteiger partial charge in [-0.1, -0.05) is 52.3 Å². The molecule has 4 heteroatoms. The second-order valence-corrected chi connectivity index (χ2v) is 6.50. The quantitative estimate of drug-likeness (QED) is 0.673. The van der Waals surface area contributed by atoms with Crippen LogP contribution in [0.3, 0.4) is 0 Å². The molecule has 0 radical (unpaired) electrons. The van der Waals surface area contributed by atoms with Crippen molar-refractivity contribution < 1.29 is 4.79 Å². The van der Waals surface area contributed by atoms with Crippen LogP contribution >= 0.6 is 12.2 Å². The smallest absolute Gasteiger partial charge is 0.233 e. The average molecular weight is 284 g/mol. The summed E-state index contributed by atoms with van der Waals surface area (Å²) in [7, 11) is 0. The summed E-state index contributed by atoms with van der Waals surface area (Å²) in [6.45, 7) is 6.47. The van der Waals surface area contributed by atoms with Crippen molar-refractivity contribution >= 4 is 23.1 Å². The minimum Gasteiger partial charge on any atom is -0.392 e. The van der Waals surface area contributed by atoms with Gasteiger partial charge < -0.3 is 11.1 Å². The lowest BCUT2D eigenvalue weighted by Crippen LogP contribution is -2.57. The molecule has 1 amide bonds. The van der Waals surface area contributed by atoms with Crippen LogP contribution in [-0.2, 0) is 4.79 Å². The van der Waals surface area contributed by atoms with Crippen LogP contribution in [0.1, 0.15) is 65.7 Å². The summed E-state index contributed by atoms with van der Waals surface area (Å²) in [6.07, 6.45) is 7.11. The standard InChI is InChI=1S/C15H28N2OS/c1-4-6-8-12(7-5-2)17-14(18)15(13(16)19)9-11(3)10-15/h11-12H,4-10H2,1-3H3,(H2,16,19)(H,17,18). The summed E-state index contributed by atoms with van der Waals surface area (Å²) in [5, 5.41) is 3.19. The van der Waals surface area contributed by atoms with E-state index in [1.807, 2.05) is 0 Å². The van der Waals surface area contributed by atoms with E-state index in [4.69, 9.17) is 18.0 Å². The fourth-order valence-corrected chi connectivity index (χ4v) is 3.30. The number of carbonyl (C=O) groups is 1. The topological polar surface area (TPSA) is 55.1 Å². The molecule has 1 aliphatic rings. The first-order valence-electron chi connectivity index (χ1n) is 7.57. The molecule has 1 rings (SSSR count). The minimum absolute atomic E-state index is 0.0626. The van der Waals surface area contributed by atoms with Crippen LogP contribution in [0.2, 0.25) is 0 Å². The van der Waals surface area contributed by atoms with E-state index in [-0.39, 0.29) is 11.9 Å². The molecule has 1 saturated carbocycles. The van der Waals surface area contributed by atoms with Gasteiger partial charge in [0.05, 0.1) is 10.4 Å². The second-order valence-electron chi connectivity index (χ2n) is 6.06. The van der Waals surface area contributed by atoms with Crippen LogP contribution in [0.4, 0.5) is 0 Å². The van der Waals surface area contributed by atoms with E-state index in [1.54, 1.807) is 0 Å². The number of nitrogens with two attached hydrogens (primary N) is 1. The van der Waals surface area contributed by atoms with Gasteiger partial charge >= 0.3 is 0 Å². The Morgan fingerprint density at radius 1 is 1.37 bits per heavy atom. The van der Waals surface area contributed by atoms with E-state index in [0.717, 1.165) is 44.9 Å². The first kappa shape index (κ1) is 16.4. The zero-order chi connectivity index (χ0) is 14.5. The first-order chi connectivity index (χ1) is 8.96. The lowest BCUT2D eigenvalue weighted by molar-refractivity contribution is -0.133. The molecule has 1 atom stereocenters. The monoisotopic (exact) mass is 284 g/mol. The molecule has 1 unspecified atom stereocenters. The highest BCUT2D eigenvalue weighted by molar-refractivity contribution is 7.80.